The van der Waals surface area contributed by atoms with Crippen LogP contribution in [0, 0.1) is 0 Å². The SMILES string of the molecule is CO[C@H]1OC(CO)[C@H](O)C(OCCCN)C1O. The molecule has 5 N–H and O–H groups in total. The zero-order valence-electron chi connectivity index (χ0n) is 9.86. The highest BCUT2D eigenvalue weighted by Gasteiger charge is 2.45. The van der Waals surface area contributed by atoms with E-state index in [1.54, 1.807) is 0 Å². The molecule has 0 aromatic rings. The number of hydrogen-bond acceptors (Lipinski definition) is 7. The van der Waals surface area contributed by atoms with Gasteiger partial charge in [0.25, 0.3) is 0 Å². The lowest BCUT2D eigenvalue weighted by molar-refractivity contribution is -0.301. The smallest absolute Gasteiger partial charge is 0.186 e. The quantitative estimate of drug-likeness (QED) is 0.396. The van der Waals surface area contributed by atoms with E-state index in [4.69, 9.17) is 25.1 Å². The summed E-state index contributed by atoms with van der Waals surface area (Å²) in [4.78, 5) is 0. The van der Waals surface area contributed by atoms with Crippen LogP contribution in [0.5, 0.6) is 0 Å². The van der Waals surface area contributed by atoms with Gasteiger partial charge >= 0.3 is 0 Å². The Balaban J connectivity index is 2.61. The molecule has 0 saturated carbocycles. The minimum Gasteiger partial charge on any atom is -0.394 e. The van der Waals surface area contributed by atoms with Gasteiger partial charge in [-0.25, -0.2) is 0 Å². The summed E-state index contributed by atoms with van der Waals surface area (Å²) in [5.74, 6) is 0. The van der Waals surface area contributed by atoms with Crippen LogP contribution in [0.1, 0.15) is 6.42 Å². The van der Waals surface area contributed by atoms with Crippen molar-refractivity contribution >= 4 is 0 Å². The lowest BCUT2D eigenvalue weighted by Crippen LogP contribution is -2.60. The zero-order valence-corrected chi connectivity index (χ0v) is 9.86. The number of methoxy groups -OCH3 is 1. The Kier molecular flexibility index (Phi) is 6.28. The number of rotatable bonds is 6. The maximum atomic E-state index is 9.86. The fraction of sp³-hybridized carbons (Fsp3) is 1.00. The summed E-state index contributed by atoms with van der Waals surface area (Å²) in [6.45, 7) is 0.418. The van der Waals surface area contributed by atoms with E-state index in [1.165, 1.54) is 7.11 Å². The van der Waals surface area contributed by atoms with Crippen LogP contribution in [0.15, 0.2) is 0 Å². The maximum absolute atomic E-state index is 9.86. The highest BCUT2D eigenvalue weighted by atomic mass is 16.7. The molecular formula is C10H21NO6. The van der Waals surface area contributed by atoms with Gasteiger partial charge in [0, 0.05) is 13.7 Å². The van der Waals surface area contributed by atoms with E-state index in [0.717, 1.165) is 0 Å². The predicted molar refractivity (Wildman–Crippen MR) is 58.2 cm³/mol. The number of aliphatic hydroxyl groups excluding tert-OH is 3. The van der Waals surface area contributed by atoms with Gasteiger partial charge in [-0.3, -0.25) is 0 Å². The van der Waals surface area contributed by atoms with Crippen LogP contribution in [0.3, 0.4) is 0 Å². The second-order valence-electron chi connectivity index (χ2n) is 3.92. The molecule has 0 aromatic heterocycles. The Hall–Kier alpha value is -0.280. The Morgan fingerprint density at radius 2 is 2.00 bits per heavy atom. The largest absolute Gasteiger partial charge is 0.394 e. The fourth-order valence-electron chi connectivity index (χ4n) is 1.75. The number of nitrogens with two attached hydrogens (primary N) is 1. The molecule has 1 heterocycles. The molecule has 0 bridgehead atoms. The summed E-state index contributed by atoms with van der Waals surface area (Å²) < 4.78 is 15.5. The highest BCUT2D eigenvalue weighted by Crippen LogP contribution is 2.23. The van der Waals surface area contributed by atoms with E-state index >= 15 is 0 Å². The van der Waals surface area contributed by atoms with E-state index in [-0.39, 0.29) is 6.61 Å². The third-order valence-corrected chi connectivity index (χ3v) is 2.71. The van der Waals surface area contributed by atoms with Crippen molar-refractivity contribution in [2.24, 2.45) is 5.73 Å². The first-order chi connectivity index (χ1) is 8.15. The van der Waals surface area contributed by atoms with Gasteiger partial charge in [0.05, 0.1) is 6.61 Å². The van der Waals surface area contributed by atoms with Crippen LogP contribution in [0.2, 0.25) is 0 Å². The van der Waals surface area contributed by atoms with Crippen LogP contribution in [-0.4, -0.2) is 72.9 Å². The van der Waals surface area contributed by atoms with E-state index in [2.05, 4.69) is 0 Å². The van der Waals surface area contributed by atoms with Crippen LogP contribution in [0.4, 0.5) is 0 Å². The van der Waals surface area contributed by atoms with Crippen molar-refractivity contribution in [2.75, 3.05) is 26.9 Å². The molecule has 102 valence electrons. The molecule has 0 spiro atoms. The average Bonchev–Trinajstić information content (AvgIpc) is 2.34. The minimum atomic E-state index is -1.10. The summed E-state index contributed by atoms with van der Waals surface area (Å²) in [7, 11) is 1.37. The molecule has 17 heavy (non-hydrogen) atoms. The lowest BCUT2D eigenvalue weighted by Gasteiger charge is -2.41. The normalized spacial score (nSPS) is 38.3. The van der Waals surface area contributed by atoms with Crippen molar-refractivity contribution in [1.82, 2.24) is 0 Å². The first kappa shape index (κ1) is 14.8. The molecule has 5 atom stereocenters. The van der Waals surface area contributed by atoms with Crippen LogP contribution in [-0.2, 0) is 14.2 Å². The van der Waals surface area contributed by atoms with Crippen molar-refractivity contribution in [3.8, 4) is 0 Å². The Morgan fingerprint density at radius 3 is 2.53 bits per heavy atom. The molecule has 1 aliphatic rings. The predicted octanol–water partition coefficient (Wildman–Crippen LogP) is -2.19. The molecule has 1 aliphatic heterocycles. The van der Waals surface area contributed by atoms with Crippen molar-refractivity contribution in [1.29, 1.82) is 0 Å². The Morgan fingerprint density at radius 1 is 1.29 bits per heavy atom. The third kappa shape index (κ3) is 3.59. The van der Waals surface area contributed by atoms with E-state index in [1.807, 2.05) is 0 Å². The highest BCUT2D eigenvalue weighted by molar-refractivity contribution is 4.90. The molecule has 0 amide bonds. The van der Waals surface area contributed by atoms with Gasteiger partial charge in [0.2, 0.25) is 0 Å². The molecule has 7 nitrogen and oxygen atoms in total. The minimum absolute atomic E-state index is 0.323. The fourth-order valence-corrected chi connectivity index (χ4v) is 1.75. The summed E-state index contributed by atoms with van der Waals surface area (Å²) in [6.07, 6.45) is -4.17. The molecule has 1 rings (SSSR count). The molecule has 0 aromatic carbocycles. The molecular weight excluding hydrogens is 230 g/mol. The molecule has 0 radical (unpaired) electrons. The van der Waals surface area contributed by atoms with Crippen LogP contribution >= 0.6 is 0 Å². The van der Waals surface area contributed by atoms with Crippen molar-refractivity contribution in [2.45, 2.75) is 37.1 Å². The molecule has 1 fully saturated rings. The van der Waals surface area contributed by atoms with Crippen molar-refractivity contribution in [3.05, 3.63) is 0 Å². The van der Waals surface area contributed by atoms with E-state index < -0.39 is 30.7 Å². The second kappa shape index (κ2) is 7.22. The van der Waals surface area contributed by atoms with Crippen molar-refractivity contribution in [3.63, 3.8) is 0 Å². The third-order valence-electron chi connectivity index (χ3n) is 2.71. The van der Waals surface area contributed by atoms with Gasteiger partial charge in [0.1, 0.15) is 24.4 Å². The molecule has 1 saturated heterocycles. The van der Waals surface area contributed by atoms with Crippen molar-refractivity contribution < 1.29 is 29.5 Å². The van der Waals surface area contributed by atoms with Gasteiger partial charge in [-0.15, -0.1) is 0 Å². The standard InChI is InChI=1S/C10H21NO6/c1-15-10-8(14)9(16-4-2-3-11)7(13)6(5-12)17-10/h6-10,12-14H,2-5,11H2,1H3/t6?,7-,8?,9?,10-/m0/s1. The van der Waals surface area contributed by atoms with E-state index in [9.17, 15) is 10.2 Å². The topological polar surface area (TPSA) is 114 Å². The molecule has 3 unspecified atom stereocenters. The Labute approximate surface area is 100 Å². The summed E-state index contributed by atoms with van der Waals surface area (Å²) >= 11 is 0. The summed E-state index contributed by atoms with van der Waals surface area (Å²) in [5, 5.41) is 28.8. The Bertz CT molecular complexity index is 201. The monoisotopic (exact) mass is 251 g/mol. The van der Waals surface area contributed by atoms with Gasteiger partial charge in [-0.1, -0.05) is 0 Å². The number of aliphatic hydroxyl groups is 3. The molecule has 0 aliphatic carbocycles. The number of hydrogen-bond donors (Lipinski definition) is 4. The van der Waals surface area contributed by atoms with Gasteiger partial charge in [0.15, 0.2) is 6.29 Å². The second-order valence-corrected chi connectivity index (χ2v) is 3.92. The first-order valence-electron chi connectivity index (χ1n) is 5.62. The van der Waals surface area contributed by atoms with E-state index in [0.29, 0.717) is 19.6 Å². The van der Waals surface area contributed by atoms with Gasteiger partial charge in [-0.05, 0) is 13.0 Å². The lowest BCUT2D eigenvalue weighted by atomic mass is 9.99. The summed E-state index contributed by atoms with van der Waals surface area (Å²) in [6, 6.07) is 0. The average molecular weight is 251 g/mol. The number of ether oxygens (including phenoxy) is 3. The van der Waals surface area contributed by atoms with Gasteiger partial charge in [-0.2, -0.15) is 0 Å². The summed E-state index contributed by atoms with van der Waals surface area (Å²) in [5.41, 5.74) is 5.33. The van der Waals surface area contributed by atoms with Crippen LogP contribution in [0.25, 0.3) is 0 Å². The first-order valence-corrected chi connectivity index (χ1v) is 5.62. The van der Waals surface area contributed by atoms with Crippen LogP contribution < -0.4 is 5.73 Å². The maximum Gasteiger partial charge on any atom is 0.186 e. The zero-order chi connectivity index (χ0) is 12.8. The van der Waals surface area contributed by atoms with Gasteiger partial charge < -0.3 is 35.3 Å². The molecule has 7 heteroatoms.